The number of anilines is 1. The smallest absolute Gasteiger partial charge is 0.224 e. The number of ether oxygens (including phenoxy) is 1. The van der Waals surface area contributed by atoms with E-state index in [4.69, 9.17) is 10.5 Å². The molecular formula is C14H22N2O2. The number of rotatable bonds is 8. The van der Waals surface area contributed by atoms with Gasteiger partial charge >= 0.3 is 0 Å². The van der Waals surface area contributed by atoms with Gasteiger partial charge in [-0.25, -0.2) is 0 Å². The second-order valence-electron chi connectivity index (χ2n) is 4.23. The van der Waals surface area contributed by atoms with E-state index in [1.807, 2.05) is 12.1 Å². The van der Waals surface area contributed by atoms with E-state index in [0.717, 1.165) is 25.0 Å². The zero-order valence-corrected chi connectivity index (χ0v) is 10.9. The molecule has 0 heterocycles. The number of nitrogen functional groups attached to an aromatic ring is 1. The van der Waals surface area contributed by atoms with E-state index in [2.05, 4.69) is 12.2 Å². The summed E-state index contributed by atoms with van der Waals surface area (Å²) in [5.41, 5.74) is 7.27. The Hall–Kier alpha value is -1.55. The summed E-state index contributed by atoms with van der Waals surface area (Å²) in [6, 6.07) is 7.36. The number of carbonyl (C=O) groups is 1. The first-order chi connectivity index (χ1) is 8.72. The van der Waals surface area contributed by atoms with Crippen LogP contribution in [0.2, 0.25) is 0 Å². The van der Waals surface area contributed by atoms with Crippen LogP contribution in [0.25, 0.3) is 0 Å². The van der Waals surface area contributed by atoms with Gasteiger partial charge in [-0.2, -0.15) is 0 Å². The lowest BCUT2D eigenvalue weighted by molar-refractivity contribution is -0.120. The van der Waals surface area contributed by atoms with Gasteiger partial charge in [-0.05, 0) is 30.5 Å². The van der Waals surface area contributed by atoms with E-state index in [0.29, 0.717) is 25.3 Å². The molecule has 4 nitrogen and oxygen atoms in total. The van der Waals surface area contributed by atoms with Crippen molar-refractivity contribution < 1.29 is 9.53 Å². The highest BCUT2D eigenvalue weighted by molar-refractivity contribution is 5.78. The molecule has 4 heteroatoms. The molecule has 1 amide bonds. The standard InChI is InChI=1S/C14H22N2O2/c1-2-9-18-10-3-8-16-14(17)11-12-4-6-13(15)7-5-12/h4-7H,2-3,8-11,15H2,1H3,(H,16,17). The van der Waals surface area contributed by atoms with E-state index in [1.165, 1.54) is 0 Å². The first kappa shape index (κ1) is 14.5. The minimum absolute atomic E-state index is 0.0373. The van der Waals surface area contributed by atoms with Crippen molar-refractivity contribution in [2.24, 2.45) is 0 Å². The third kappa shape index (κ3) is 6.25. The summed E-state index contributed by atoms with van der Waals surface area (Å²) < 4.78 is 5.33. The highest BCUT2D eigenvalue weighted by Crippen LogP contribution is 2.05. The molecule has 1 rings (SSSR count). The van der Waals surface area contributed by atoms with Crippen LogP contribution >= 0.6 is 0 Å². The van der Waals surface area contributed by atoms with Gasteiger partial charge in [0.1, 0.15) is 0 Å². The summed E-state index contributed by atoms with van der Waals surface area (Å²) in [5.74, 6) is 0.0373. The Morgan fingerprint density at radius 2 is 2.00 bits per heavy atom. The van der Waals surface area contributed by atoms with Crippen molar-refractivity contribution in [1.29, 1.82) is 0 Å². The quantitative estimate of drug-likeness (QED) is 0.545. The zero-order chi connectivity index (χ0) is 13.2. The molecule has 100 valence electrons. The Morgan fingerprint density at radius 3 is 2.67 bits per heavy atom. The third-order valence-corrected chi connectivity index (χ3v) is 2.48. The van der Waals surface area contributed by atoms with Crippen LogP contribution in [-0.2, 0) is 16.0 Å². The maximum Gasteiger partial charge on any atom is 0.224 e. The van der Waals surface area contributed by atoms with Gasteiger partial charge in [0.25, 0.3) is 0 Å². The van der Waals surface area contributed by atoms with Crippen LogP contribution in [0.15, 0.2) is 24.3 Å². The fraction of sp³-hybridized carbons (Fsp3) is 0.500. The first-order valence-corrected chi connectivity index (χ1v) is 6.41. The fourth-order valence-electron chi connectivity index (χ4n) is 1.53. The first-order valence-electron chi connectivity index (χ1n) is 6.41. The molecule has 0 aliphatic heterocycles. The van der Waals surface area contributed by atoms with Crippen molar-refractivity contribution in [3.63, 3.8) is 0 Å². The molecular weight excluding hydrogens is 228 g/mol. The van der Waals surface area contributed by atoms with Gasteiger partial charge in [-0.15, -0.1) is 0 Å². The molecule has 0 aromatic heterocycles. The van der Waals surface area contributed by atoms with E-state index < -0.39 is 0 Å². The van der Waals surface area contributed by atoms with Gasteiger partial charge in [-0.3, -0.25) is 4.79 Å². The van der Waals surface area contributed by atoms with Crippen LogP contribution in [0.3, 0.4) is 0 Å². The third-order valence-electron chi connectivity index (χ3n) is 2.48. The topological polar surface area (TPSA) is 64.3 Å². The van der Waals surface area contributed by atoms with Gasteiger partial charge < -0.3 is 15.8 Å². The summed E-state index contributed by atoms with van der Waals surface area (Å²) >= 11 is 0. The lowest BCUT2D eigenvalue weighted by atomic mass is 10.1. The number of hydrogen-bond acceptors (Lipinski definition) is 3. The number of nitrogens with two attached hydrogens (primary N) is 1. The van der Waals surface area contributed by atoms with Crippen LogP contribution in [0.4, 0.5) is 5.69 Å². The predicted octanol–water partition coefficient (Wildman–Crippen LogP) is 1.74. The number of hydrogen-bond donors (Lipinski definition) is 2. The molecule has 0 spiro atoms. The minimum atomic E-state index is 0.0373. The van der Waals surface area contributed by atoms with Gasteiger partial charge in [0.2, 0.25) is 5.91 Å². The number of benzene rings is 1. The molecule has 0 saturated heterocycles. The van der Waals surface area contributed by atoms with E-state index in [-0.39, 0.29) is 5.91 Å². The molecule has 3 N–H and O–H groups in total. The van der Waals surface area contributed by atoms with Gasteiger partial charge in [0.15, 0.2) is 0 Å². The van der Waals surface area contributed by atoms with Crippen LogP contribution in [-0.4, -0.2) is 25.7 Å². The molecule has 18 heavy (non-hydrogen) atoms. The molecule has 0 saturated carbocycles. The lowest BCUT2D eigenvalue weighted by Crippen LogP contribution is -2.26. The predicted molar refractivity (Wildman–Crippen MR) is 73.3 cm³/mol. The zero-order valence-electron chi connectivity index (χ0n) is 10.9. The van der Waals surface area contributed by atoms with E-state index in [9.17, 15) is 4.79 Å². The van der Waals surface area contributed by atoms with Crippen molar-refractivity contribution in [3.8, 4) is 0 Å². The molecule has 0 atom stereocenters. The Labute approximate surface area is 109 Å². The minimum Gasteiger partial charge on any atom is -0.399 e. The summed E-state index contributed by atoms with van der Waals surface area (Å²) in [4.78, 5) is 11.6. The highest BCUT2D eigenvalue weighted by Gasteiger charge is 2.02. The van der Waals surface area contributed by atoms with E-state index >= 15 is 0 Å². The Bertz CT molecular complexity index is 349. The summed E-state index contributed by atoms with van der Waals surface area (Å²) in [6.45, 7) is 4.24. The largest absolute Gasteiger partial charge is 0.399 e. The van der Waals surface area contributed by atoms with Gasteiger partial charge in [0.05, 0.1) is 6.42 Å². The van der Waals surface area contributed by atoms with Crippen LogP contribution in [0.5, 0.6) is 0 Å². The summed E-state index contributed by atoms with van der Waals surface area (Å²) in [7, 11) is 0. The van der Waals surface area contributed by atoms with Crippen LogP contribution in [0.1, 0.15) is 25.3 Å². The van der Waals surface area contributed by atoms with Crippen molar-refractivity contribution in [3.05, 3.63) is 29.8 Å². The monoisotopic (exact) mass is 250 g/mol. The molecule has 1 aromatic rings. The van der Waals surface area contributed by atoms with Crippen LogP contribution in [0, 0.1) is 0 Å². The van der Waals surface area contributed by atoms with Crippen molar-refractivity contribution >= 4 is 11.6 Å². The molecule has 0 aliphatic rings. The van der Waals surface area contributed by atoms with Gasteiger partial charge in [-0.1, -0.05) is 19.1 Å². The maximum absolute atomic E-state index is 11.6. The van der Waals surface area contributed by atoms with E-state index in [1.54, 1.807) is 12.1 Å². The lowest BCUT2D eigenvalue weighted by Gasteiger charge is -2.06. The van der Waals surface area contributed by atoms with Crippen molar-refractivity contribution in [2.45, 2.75) is 26.2 Å². The number of carbonyl (C=O) groups excluding carboxylic acids is 1. The van der Waals surface area contributed by atoms with Gasteiger partial charge in [0, 0.05) is 25.4 Å². The number of nitrogens with one attached hydrogen (secondary N) is 1. The molecule has 1 aromatic carbocycles. The molecule has 0 radical (unpaired) electrons. The van der Waals surface area contributed by atoms with Crippen LogP contribution < -0.4 is 11.1 Å². The van der Waals surface area contributed by atoms with Crippen molar-refractivity contribution in [2.75, 3.05) is 25.5 Å². The summed E-state index contributed by atoms with van der Waals surface area (Å²) in [6.07, 6.45) is 2.28. The molecule has 0 unspecified atom stereocenters. The normalized spacial score (nSPS) is 10.3. The number of amides is 1. The molecule has 0 aliphatic carbocycles. The fourth-order valence-corrected chi connectivity index (χ4v) is 1.53. The molecule has 0 bridgehead atoms. The Kier molecular flexibility index (Phi) is 6.87. The maximum atomic E-state index is 11.6. The second-order valence-corrected chi connectivity index (χ2v) is 4.23. The SMILES string of the molecule is CCCOCCCNC(=O)Cc1ccc(N)cc1. The highest BCUT2D eigenvalue weighted by atomic mass is 16.5. The average molecular weight is 250 g/mol. The second kappa shape index (κ2) is 8.53. The molecule has 0 fully saturated rings. The summed E-state index contributed by atoms with van der Waals surface area (Å²) in [5, 5.41) is 2.87. The Balaban J connectivity index is 2.12. The average Bonchev–Trinajstić information content (AvgIpc) is 2.36. The van der Waals surface area contributed by atoms with Crippen molar-refractivity contribution in [1.82, 2.24) is 5.32 Å². The Morgan fingerprint density at radius 1 is 1.28 bits per heavy atom.